The van der Waals surface area contributed by atoms with E-state index >= 15 is 0 Å². The van der Waals surface area contributed by atoms with Gasteiger partial charge in [-0.1, -0.05) is 0 Å². The Hall–Kier alpha value is -1.62. The molecule has 0 aromatic carbocycles. The van der Waals surface area contributed by atoms with E-state index in [2.05, 4.69) is 22.7 Å². The summed E-state index contributed by atoms with van der Waals surface area (Å²) < 4.78 is 0. The molecule has 0 bridgehead atoms. The van der Waals surface area contributed by atoms with Crippen LogP contribution in [0.2, 0.25) is 0 Å². The fourth-order valence-corrected chi connectivity index (χ4v) is 1.88. The largest absolute Gasteiger partial charge is 0.347 e. The zero-order valence-electron chi connectivity index (χ0n) is 9.29. The maximum Gasteiger partial charge on any atom is 0.253 e. The van der Waals surface area contributed by atoms with Gasteiger partial charge >= 0.3 is 0 Å². The van der Waals surface area contributed by atoms with E-state index in [1.807, 2.05) is 0 Å². The number of hydrogen-bond donors (Lipinski definition) is 3. The number of rotatable bonds is 3. The molecule has 4 N–H and O–H groups in total. The number of hydrogen-bond acceptors (Lipinski definition) is 4. The number of hydrazine groups is 1. The van der Waals surface area contributed by atoms with Crippen LogP contribution in [0.25, 0.3) is 0 Å². The van der Waals surface area contributed by atoms with Crippen LogP contribution in [-0.4, -0.2) is 16.4 Å². The minimum absolute atomic E-state index is 0.0494. The Kier molecular flexibility index (Phi) is 2.78. The molecule has 1 aliphatic rings. The average molecular weight is 220 g/mol. The SMILES string of the molecule is CC1(NC(=O)c2ccncc2NN)CCC1. The summed E-state index contributed by atoms with van der Waals surface area (Å²) in [6, 6.07) is 1.66. The predicted octanol–water partition coefficient (Wildman–Crippen LogP) is 1.04. The number of nitrogens with one attached hydrogen (secondary N) is 2. The monoisotopic (exact) mass is 220 g/mol. The highest BCUT2D eigenvalue weighted by Gasteiger charge is 2.33. The molecule has 1 heterocycles. The van der Waals surface area contributed by atoms with E-state index in [1.165, 1.54) is 12.6 Å². The van der Waals surface area contributed by atoms with Gasteiger partial charge in [-0.15, -0.1) is 0 Å². The molecule has 0 saturated heterocycles. The summed E-state index contributed by atoms with van der Waals surface area (Å²) in [6.07, 6.45) is 6.37. The van der Waals surface area contributed by atoms with Gasteiger partial charge in [0.25, 0.3) is 5.91 Å². The van der Waals surface area contributed by atoms with Crippen LogP contribution in [-0.2, 0) is 0 Å². The summed E-state index contributed by atoms with van der Waals surface area (Å²) >= 11 is 0. The maximum absolute atomic E-state index is 12.0. The second-order valence-electron chi connectivity index (χ2n) is 4.43. The van der Waals surface area contributed by atoms with E-state index < -0.39 is 0 Å². The van der Waals surface area contributed by atoms with Crippen molar-refractivity contribution in [3.63, 3.8) is 0 Å². The maximum atomic E-state index is 12.0. The molecule has 1 aromatic rings. The smallest absolute Gasteiger partial charge is 0.253 e. The zero-order valence-corrected chi connectivity index (χ0v) is 9.29. The Labute approximate surface area is 94.4 Å². The number of nitrogens with two attached hydrogens (primary N) is 1. The van der Waals surface area contributed by atoms with Gasteiger partial charge in [0.15, 0.2) is 0 Å². The number of anilines is 1. The van der Waals surface area contributed by atoms with Crippen molar-refractivity contribution in [2.24, 2.45) is 5.84 Å². The summed E-state index contributed by atoms with van der Waals surface area (Å²) in [4.78, 5) is 15.9. The molecule has 1 amide bonds. The van der Waals surface area contributed by atoms with Crippen molar-refractivity contribution in [3.8, 4) is 0 Å². The van der Waals surface area contributed by atoms with Crippen molar-refractivity contribution >= 4 is 11.6 Å². The van der Waals surface area contributed by atoms with Crippen LogP contribution in [0, 0.1) is 0 Å². The first-order chi connectivity index (χ1) is 7.64. The number of nitrogen functional groups attached to an aromatic ring is 1. The molecule has 0 unspecified atom stereocenters. The summed E-state index contributed by atoms with van der Waals surface area (Å²) in [7, 11) is 0. The van der Waals surface area contributed by atoms with Crippen LogP contribution in [0.15, 0.2) is 18.5 Å². The van der Waals surface area contributed by atoms with Crippen molar-refractivity contribution in [3.05, 3.63) is 24.0 Å². The van der Waals surface area contributed by atoms with Gasteiger partial charge < -0.3 is 10.7 Å². The lowest BCUT2D eigenvalue weighted by atomic mass is 9.78. The van der Waals surface area contributed by atoms with Gasteiger partial charge in [0.05, 0.1) is 17.4 Å². The molecule has 0 radical (unpaired) electrons. The van der Waals surface area contributed by atoms with Crippen molar-refractivity contribution in [2.45, 2.75) is 31.7 Å². The lowest BCUT2D eigenvalue weighted by molar-refractivity contribution is 0.0851. The highest BCUT2D eigenvalue weighted by atomic mass is 16.1. The van der Waals surface area contributed by atoms with Gasteiger partial charge in [-0.2, -0.15) is 0 Å². The summed E-state index contributed by atoms with van der Waals surface area (Å²) in [5.74, 6) is 5.23. The standard InChI is InChI=1S/C11H16N4O/c1-11(4-2-5-11)14-10(16)8-3-6-13-7-9(8)15-12/h3,6-7,15H,2,4-5,12H2,1H3,(H,14,16). The van der Waals surface area contributed by atoms with Crippen LogP contribution in [0.1, 0.15) is 36.5 Å². The van der Waals surface area contributed by atoms with E-state index in [9.17, 15) is 4.79 Å². The van der Waals surface area contributed by atoms with Crippen molar-refractivity contribution in [1.82, 2.24) is 10.3 Å². The van der Waals surface area contributed by atoms with E-state index in [-0.39, 0.29) is 11.4 Å². The van der Waals surface area contributed by atoms with Crippen molar-refractivity contribution < 1.29 is 4.79 Å². The van der Waals surface area contributed by atoms with Crippen LogP contribution < -0.4 is 16.6 Å². The Morgan fingerprint density at radius 3 is 2.88 bits per heavy atom. The van der Waals surface area contributed by atoms with E-state index in [4.69, 9.17) is 5.84 Å². The third-order valence-corrected chi connectivity index (χ3v) is 3.09. The predicted molar refractivity (Wildman–Crippen MR) is 61.8 cm³/mol. The molecular weight excluding hydrogens is 204 g/mol. The first-order valence-electron chi connectivity index (χ1n) is 5.38. The molecule has 16 heavy (non-hydrogen) atoms. The Bertz CT molecular complexity index is 401. The lowest BCUT2D eigenvalue weighted by Crippen LogP contribution is -2.51. The number of pyridine rings is 1. The second kappa shape index (κ2) is 4.09. The Balaban J connectivity index is 2.14. The minimum atomic E-state index is -0.0995. The molecule has 86 valence electrons. The molecule has 5 nitrogen and oxygen atoms in total. The molecule has 2 rings (SSSR count). The summed E-state index contributed by atoms with van der Waals surface area (Å²) in [5, 5.41) is 3.02. The highest BCUT2D eigenvalue weighted by molar-refractivity contribution is 5.99. The Morgan fingerprint density at radius 2 is 2.31 bits per heavy atom. The number of aromatic nitrogens is 1. The van der Waals surface area contributed by atoms with Gasteiger partial charge in [0.1, 0.15) is 0 Å². The molecule has 1 aliphatic carbocycles. The van der Waals surface area contributed by atoms with Gasteiger partial charge in [0, 0.05) is 11.7 Å². The van der Waals surface area contributed by atoms with Gasteiger partial charge in [-0.05, 0) is 32.3 Å². The number of carbonyl (C=O) groups is 1. The highest BCUT2D eigenvalue weighted by Crippen LogP contribution is 2.31. The normalized spacial score (nSPS) is 17.4. The molecule has 5 heteroatoms. The van der Waals surface area contributed by atoms with E-state index in [0.717, 1.165) is 12.8 Å². The third-order valence-electron chi connectivity index (χ3n) is 3.09. The molecule has 0 aliphatic heterocycles. The second-order valence-corrected chi connectivity index (χ2v) is 4.43. The number of carbonyl (C=O) groups excluding carboxylic acids is 1. The van der Waals surface area contributed by atoms with Crippen LogP contribution in [0.4, 0.5) is 5.69 Å². The first-order valence-corrected chi connectivity index (χ1v) is 5.38. The van der Waals surface area contributed by atoms with Crippen LogP contribution in [0.3, 0.4) is 0 Å². The summed E-state index contributed by atoms with van der Waals surface area (Å²) in [5.41, 5.74) is 3.50. The molecule has 1 fully saturated rings. The van der Waals surface area contributed by atoms with Crippen molar-refractivity contribution in [2.75, 3.05) is 5.43 Å². The molecule has 1 saturated carbocycles. The Morgan fingerprint density at radius 1 is 1.56 bits per heavy atom. The minimum Gasteiger partial charge on any atom is -0.347 e. The third kappa shape index (κ3) is 1.99. The van der Waals surface area contributed by atoms with E-state index in [1.54, 1.807) is 12.3 Å². The van der Waals surface area contributed by atoms with Gasteiger partial charge in [-0.3, -0.25) is 15.6 Å². The fraction of sp³-hybridized carbons (Fsp3) is 0.455. The molecule has 0 atom stereocenters. The molecule has 1 aromatic heterocycles. The number of nitrogens with zero attached hydrogens (tertiary/aromatic N) is 1. The lowest BCUT2D eigenvalue weighted by Gasteiger charge is -2.39. The number of amides is 1. The van der Waals surface area contributed by atoms with Gasteiger partial charge in [-0.25, -0.2) is 0 Å². The average Bonchev–Trinajstić information content (AvgIpc) is 2.26. The van der Waals surface area contributed by atoms with Crippen molar-refractivity contribution in [1.29, 1.82) is 0 Å². The molecule has 0 spiro atoms. The summed E-state index contributed by atoms with van der Waals surface area (Å²) in [6.45, 7) is 2.06. The zero-order chi connectivity index (χ0) is 11.6. The topological polar surface area (TPSA) is 80.0 Å². The van der Waals surface area contributed by atoms with Gasteiger partial charge in [0.2, 0.25) is 0 Å². The quantitative estimate of drug-likeness (QED) is 0.525. The first kappa shape index (κ1) is 10.9. The van der Waals surface area contributed by atoms with Crippen LogP contribution in [0.5, 0.6) is 0 Å². The van der Waals surface area contributed by atoms with Crippen LogP contribution >= 0.6 is 0 Å². The fourth-order valence-electron chi connectivity index (χ4n) is 1.88. The van der Waals surface area contributed by atoms with E-state index in [0.29, 0.717) is 11.3 Å². The molecular formula is C11H16N4O.